The second-order valence-corrected chi connectivity index (χ2v) is 4.19. The molecule has 0 atom stereocenters. The largest absolute Gasteiger partial charge is 0.495 e. The summed E-state index contributed by atoms with van der Waals surface area (Å²) in [6.07, 6.45) is 0. The molecule has 17 heavy (non-hydrogen) atoms. The van der Waals surface area contributed by atoms with Crippen LogP contribution in [0, 0.1) is 5.53 Å². The van der Waals surface area contributed by atoms with Gasteiger partial charge in [0, 0.05) is 20.1 Å². The SMILES string of the molecule is COc1ccc(N=N)cc1N(C)CCN(C)C. The van der Waals surface area contributed by atoms with Crippen molar-refractivity contribution in [2.24, 2.45) is 5.11 Å². The van der Waals surface area contributed by atoms with Crippen molar-refractivity contribution in [3.63, 3.8) is 0 Å². The van der Waals surface area contributed by atoms with Gasteiger partial charge in [-0.1, -0.05) is 0 Å². The summed E-state index contributed by atoms with van der Waals surface area (Å²) in [4.78, 5) is 4.23. The minimum Gasteiger partial charge on any atom is -0.495 e. The number of hydrogen-bond acceptors (Lipinski definition) is 5. The molecule has 0 heterocycles. The monoisotopic (exact) mass is 236 g/mol. The topological polar surface area (TPSA) is 51.9 Å². The van der Waals surface area contributed by atoms with Crippen molar-refractivity contribution in [1.82, 2.24) is 4.90 Å². The van der Waals surface area contributed by atoms with E-state index in [9.17, 15) is 0 Å². The lowest BCUT2D eigenvalue weighted by molar-refractivity contribution is 0.406. The van der Waals surface area contributed by atoms with Crippen LogP contribution in [0.5, 0.6) is 5.75 Å². The van der Waals surface area contributed by atoms with Gasteiger partial charge < -0.3 is 14.5 Å². The van der Waals surface area contributed by atoms with E-state index in [0.717, 1.165) is 24.5 Å². The van der Waals surface area contributed by atoms with Gasteiger partial charge in [-0.25, -0.2) is 5.53 Å². The average molecular weight is 236 g/mol. The summed E-state index contributed by atoms with van der Waals surface area (Å²) in [5.74, 6) is 0.804. The minimum absolute atomic E-state index is 0.637. The van der Waals surface area contributed by atoms with E-state index in [1.165, 1.54) is 0 Å². The molecule has 5 heteroatoms. The number of nitrogens with one attached hydrogen (secondary N) is 1. The number of likely N-dealkylation sites (N-methyl/N-ethyl adjacent to an activating group) is 2. The molecule has 0 spiro atoms. The van der Waals surface area contributed by atoms with Crippen molar-refractivity contribution in [2.45, 2.75) is 0 Å². The van der Waals surface area contributed by atoms with Crippen molar-refractivity contribution in [2.75, 3.05) is 46.2 Å². The Hall–Kier alpha value is -1.62. The predicted octanol–water partition coefficient (Wildman–Crippen LogP) is 2.36. The predicted molar refractivity (Wildman–Crippen MR) is 69.6 cm³/mol. The first-order valence-electron chi connectivity index (χ1n) is 5.50. The van der Waals surface area contributed by atoms with Crippen LogP contribution in [-0.4, -0.2) is 46.2 Å². The van der Waals surface area contributed by atoms with Crippen LogP contribution in [0.25, 0.3) is 0 Å². The number of hydrogen-bond donors (Lipinski definition) is 1. The molecular formula is C12H20N4O. The van der Waals surface area contributed by atoms with Gasteiger partial charge in [-0.15, -0.1) is 0 Å². The first kappa shape index (κ1) is 13.4. The maximum Gasteiger partial charge on any atom is 0.142 e. The van der Waals surface area contributed by atoms with E-state index in [2.05, 4.69) is 14.9 Å². The molecule has 1 aromatic rings. The van der Waals surface area contributed by atoms with Gasteiger partial charge in [-0.3, -0.25) is 0 Å². The van der Waals surface area contributed by atoms with Crippen LogP contribution in [-0.2, 0) is 0 Å². The Labute approximate surface area is 102 Å². The third-order valence-electron chi connectivity index (χ3n) is 2.59. The van der Waals surface area contributed by atoms with Crippen molar-refractivity contribution in [1.29, 1.82) is 5.53 Å². The molecule has 0 fully saturated rings. The van der Waals surface area contributed by atoms with Crippen LogP contribution < -0.4 is 9.64 Å². The molecule has 0 amide bonds. The van der Waals surface area contributed by atoms with Gasteiger partial charge in [-0.2, -0.15) is 5.11 Å². The second-order valence-electron chi connectivity index (χ2n) is 4.19. The quantitative estimate of drug-likeness (QED) is 0.771. The third-order valence-corrected chi connectivity index (χ3v) is 2.59. The van der Waals surface area contributed by atoms with Crippen molar-refractivity contribution >= 4 is 11.4 Å². The molecule has 0 unspecified atom stereocenters. The number of rotatable bonds is 6. The lowest BCUT2D eigenvalue weighted by Crippen LogP contribution is -2.28. The second kappa shape index (κ2) is 6.20. The van der Waals surface area contributed by atoms with Gasteiger partial charge in [0.25, 0.3) is 0 Å². The highest BCUT2D eigenvalue weighted by atomic mass is 16.5. The highest BCUT2D eigenvalue weighted by Crippen LogP contribution is 2.31. The number of ether oxygens (including phenoxy) is 1. The van der Waals surface area contributed by atoms with Crippen molar-refractivity contribution in [3.8, 4) is 5.75 Å². The zero-order valence-electron chi connectivity index (χ0n) is 10.9. The van der Waals surface area contributed by atoms with Crippen molar-refractivity contribution in [3.05, 3.63) is 18.2 Å². The fourth-order valence-electron chi connectivity index (χ4n) is 1.52. The van der Waals surface area contributed by atoms with E-state index < -0.39 is 0 Å². The molecular weight excluding hydrogens is 216 g/mol. The van der Waals surface area contributed by atoms with E-state index in [0.29, 0.717) is 5.69 Å². The first-order valence-corrected chi connectivity index (χ1v) is 5.50. The molecule has 0 aromatic heterocycles. The Balaban J connectivity index is 2.88. The molecule has 94 valence electrons. The fraction of sp³-hybridized carbons (Fsp3) is 0.500. The van der Waals surface area contributed by atoms with Gasteiger partial charge in [-0.05, 0) is 32.3 Å². The van der Waals surface area contributed by atoms with E-state index in [4.69, 9.17) is 10.3 Å². The summed E-state index contributed by atoms with van der Waals surface area (Å²) in [5.41, 5.74) is 8.63. The summed E-state index contributed by atoms with van der Waals surface area (Å²) in [6, 6.07) is 5.48. The molecule has 0 aliphatic heterocycles. The van der Waals surface area contributed by atoms with Crippen molar-refractivity contribution < 1.29 is 4.74 Å². The van der Waals surface area contributed by atoms with Gasteiger partial charge in [0.2, 0.25) is 0 Å². The number of benzene rings is 1. The maximum atomic E-state index is 7.04. The molecule has 1 N–H and O–H groups in total. The van der Waals surface area contributed by atoms with E-state index in [-0.39, 0.29) is 0 Å². The molecule has 0 aliphatic rings. The lowest BCUT2D eigenvalue weighted by atomic mass is 10.2. The normalized spacial score (nSPS) is 10.4. The molecule has 0 radical (unpaired) electrons. The van der Waals surface area contributed by atoms with Gasteiger partial charge in [0.15, 0.2) is 0 Å². The molecule has 0 aliphatic carbocycles. The zero-order chi connectivity index (χ0) is 12.8. The van der Waals surface area contributed by atoms with Gasteiger partial charge >= 0.3 is 0 Å². The summed E-state index contributed by atoms with van der Waals surface area (Å²) in [6.45, 7) is 1.85. The molecule has 0 saturated carbocycles. The number of methoxy groups -OCH3 is 1. The molecule has 1 aromatic carbocycles. The van der Waals surface area contributed by atoms with E-state index >= 15 is 0 Å². The highest BCUT2D eigenvalue weighted by molar-refractivity contribution is 5.64. The van der Waals surface area contributed by atoms with Crippen LogP contribution in [0.15, 0.2) is 23.3 Å². The Bertz CT molecular complexity index is 379. The molecule has 0 bridgehead atoms. The fourth-order valence-corrected chi connectivity index (χ4v) is 1.52. The number of nitrogens with zero attached hydrogens (tertiary/aromatic N) is 3. The molecule has 1 rings (SSSR count). The highest BCUT2D eigenvalue weighted by Gasteiger charge is 2.09. The summed E-state index contributed by atoms with van der Waals surface area (Å²) in [5, 5.41) is 3.44. The number of anilines is 1. The average Bonchev–Trinajstić information content (AvgIpc) is 2.34. The van der Waals surface area contributed by atoms with Crippen LogP contribution in [0.4, 0.5) is 11.4 Å². The third kappa shape index (κ3) is 3.71. The van der Waals surface area contributed by atoms with Gasteiger partial charge in [0.05, 0.1) is 18.5 Å². The standard InChI is InChI=1S/C12H20N4O/c1-15(2)7-8-16(3)11-9-10(14-13)5-6-12(11)17-4/h5-6,9,13H,7-8H2,1-4H3. The van der Waals surface area contributed by atoms with Crippen LogP contribution >= 0.6 is 0 Å². The summed E-state index contributed by atoms with van der Waals surface area (Å²) < 4.78 is 5.31. The van der Waals surface area contributed by atoms with Crippen LogP contribution in [0.3, 0.4) is 0 Å². The maximum absolute atomic E-state index is 7.04. The molecule has 0 saturated heterocycles. The minimum atomic E-state index is 0.637. The van der Waals surface area contributed by atoms with Gasteiger partial charge in [0.1, 0.15) is 5.75 Å². The molecule has 5 nitrogen and oxygen atoms in total. The van der Waals surface area contributed by atoms with E-state index in [1.54, 1.807) is 13.2 Å². The van der Waals surface area contributed by atoms with Crippen LogP contribution in [0.1, 0.15) is 0 Å². The summed E-state index contributed by atoms with van der Waals surface area (Å²) in [7, 11) is 7.74. The Morgan fingerprint density at radius 2 is 1.94 bits per heavy atom. The smallest absolute Gasteiger partial charge is 0.142 e. The lowest BCUT2D eigenvalue weighted by Gasteiger charge is -2.23. The Morgan fingerprint density at radius 1 is 1.24 bits per heavy atom. The zero-order valence-corrected chi connectivity index (χ0v) is 10.9. The van der Waals surface area contributed by atoms with Crippen LogP contribution in [0.2, 0.25) is 0 Å². The summed E-state index contributed by atoms with van der Waals surface area (Å²) >= 11 is 0. The van der Waals surface area contributed by atoms with E-state index in [1.807, 2.05) is 33.3 Å². The first-order chi connectivity index (χ1) is 8.08. The Morgan fingerprint density at radius 3 is 2.47 bits per heavy atom. The Kier molecular flexibility index (Phi) is 4.90.